The van der Waals surface area contributed by atoms with Crippen LogP contribution in [-0.4, -0.2) is 34.6 Å². The van der Waals surface area contributed by atoms with E-state index in [0.717, 1.165) is 31.2 Å². The number of rotatable bonds is 10. The molecule has 0 heterocycles. The Balaban J connectivity index is 1.72. The Morgan fingerprint density at radius 1 is 1.09 bits per heavy atom. The molecule has 0 spiro atoms. The van der Waals surface area contributed by atoms with E-state index in [-0.39, 0.29) is 36.0 Å². The number of carbonyl (C=O) groups is 2. The van der Waals surface area contributed by atoms with E-state index < -0.39 is 6.04 Å². The highest BCUT2D eigenvalue weighted by Gasteiger charge is 2.30. The smallest absolute Gasteiger partial charge is 0.243 e. The van der Waals surface area contributed by atoms with Crippen LogP contribution in [0, 0.1) is 5.82 Å². The zero-order chi connectivity index (χ0) is 23.6. The minimum Gasteiger partial charge on any atom is -0.352 e. The molecule has 0 radical (unpaired) electrons. The second-order valence-electron chi connectivity index (χ2n) is 8.46. The SMILES string of the molecule is CCC(C(=O)NC1CCCCC1)N(Cc1ccccc1Cl)C(=O)CSCc1ccccc1F. The largest absolute Gasteiger partial charge is 0.352 e. The zero-order valence-electron chi connectivity index (χ0n) is 19.1. The van der Waals surface area contributed by atoms with E-state index in [1.807, 2.05) is 25.1 Å². The number of hydrogen-bond acceptors (Lipinski definition) is 3. The Morgan fingerprint density at radius 3 is 2.42 bits per heavy atom. The molecule has 178 valence electrons. The number of halogens is 2. The Kier molecular flexibility index (Phi) is 10.1. The van der Waals surface area contributed by atoms with Crippen molar-refractivity contribution < 1.29 is 14.0 Å². The summed E-state index contributed by atoms with van der Waals surface area (Å²) in [7, 11) is 0. The quantitative estimate of drug-likeness (QED) is 0.446. The van der Waals surface area contributed by atoms with Crippen LogP contribution < -0.4 is 5.32 Å². The minimum atomic E-state index is -0.579. The lowest BCUT2D eigenvalue weighted by molar-refractivity contribution is -0.139. The number of carbonyl (C=O) groups excluding carboxylic acids is 2. The Bertz CT molecular complexity index is 936. The molecule has 1 unspecified atom stereocenters. The monoisotopic (exact) mass is 490 g/mol. The van der Waals surface area contributed by atoms with Crippen molar-refractivity contribution in [2.45, 2.75) is 69.8 Å². The Morgan fingerprint density at radius 2 is 1.76 bits per heavy atom. The summed E-state index contributed by atoms with van der Waals surface area (Å²) in [6.45, 7) is 2.18. The van der Waals surface area contributed by atoms with Gasteiger partial charge in [-0.15, -0.1) is 11.8 Å². The Hall–Kier alpha value is -2.05. The molecular formula is C26H32ClFN2O2S. The number of thioether (sulfide) groups is 1. The van der Waals surface area contributed by atoms with E-state index in [2.05, 4.69) is 5.32 Å². The van der Waals surface area contributed by atoms with Crippen LogP contribution in [0.2, 0.25) is 5.02 Å². The third-order valence-corrected chi connectivity index (χ3v) is 7.41. The summed E-state index contributed by atoms with van der Waals surface area (Å²) in [6, 6.07) is 13.6. The van der Waals surface area contributed by atoms with Crippen LogP contribution >= 0.6 is 23.4 Å². The lowest BCUT2D eigenvalue weighted by Gasteiger charge is -2.33. The molecule has 1 atom stereocenters. The van der Waals surface area contributed by atoms with Gasteiger partial charge in [0.25, 0.3) is 0 Å². The van der Waals surface area contributed by atoms with Crippen LogP contribution in [0.25, 0.3) is 0 Å². The van der Waals surface area contributed by atoms with Crippen molar-refractivity contribution in [1.29, 1.82) is 0 Å². The fourth-order valence-electron chi connectivity index (χ4n) is 4.22. The molecule has 1 fully saturated rings. The fourth-order valence-corrected chi connectivity index (χ4v) is 5.31. The molecule has 2 amide bonds. The molecule has 1 aliphatic carbocycles. The van der Waals surface area contributed by atoms with E-state index in [4.69, 9.17) is 11.6 Å². The fraction of sp³-hybridized carbons (Fsp3) is 0.462. The zero-order valence-corrected chi connectivity index (χ0v) is 20.6. The molecule has 4 nitrogen and oxygen atoms in total. The average Bonchev–Trinajstić information content (AvgIpc) is 2.82. The van der Waals surface area contributed by atoms with Crippen LogP contribution in [0.3, 0.4) is 0 Å². The summed E-state index contributed by atoms with van der Waals surface area (Å²) in [6.07, 6.45) is 5.93. The van der Waals surface area contributed by atoms with Gasteiger partial charge >= 0.3 is 0 Å². The summed E-state index contributed by atoms with van der Waals surface area (Å²) in [4.78, 5) is 28.2. The van der Waals surface area contributed by atoms with Gasteiger partial charge in [-0.2, -0.15) is 0 Å². The molecule has 0 aliphatic heterocycles. The van der Waals surface area contributed by atoms with Crippen molar-refractivity contribution in [2.75, 3.05) is 5.75 Å². The summed E-state index contributed by atoms with van der Waals surface area (Å²) >= 11 is 7.72. The lowest BCUT2D eigenvalue weighted by Crippen LogP contribution is -2.52. The highest BCUT2D eigenvalue weighted by molar-refractivity contribution is 7.99. The normalized spacial score (nSPS) is 15.1. The van der Waals surface area contributed by atoms with E-state index in [1.54, 1.807) is 29.2 Å². The van der Waals surface area contributed by atoms with Crippen LogP contribution in [0.5, 0.6) is 0 Å². The van der Waals surface area contributed by atoms with Gasteiger partial charge in [0.1, 0.15) is 11.9 Å². The first kappa shape index (κ1) is 25.6. The second kappa shape index (κ2) is 13.0. The summed E-state index contributed by atoms with van der Waals surface area (Å²) in [5.41, 5.74) is 1.37. The molecule has 1 saturated carbocycles. The Labute approximate surface area is 205 Å². The van der Waals surface area contributed by atoms with Gasteiger partial charge in [-0.05, 0) is 42.5 Å². The lowest BCUT2D eigenvalue weighted by atomic mass is 9.95. The van der Waals surface area contributed by atoms with Crippen LogP contribution in [-0.2, 0) is 21.9 Å². The molecule has 0 aromatic heterocycles. The van der Waals surface area contributed by atoms with Crippen molar-refractivity contribution in [3.63, 3.8) is 0 Å². The highest BCUT2D eigenvalue weighted by atomic mass is 35.5. The first-order valence-corrected chi connectivity index (χ1v) is 13.2. The van der Waals surface area contributed by atoms with Gasteiger partial charge in [0.15, 0.2) is 0 Å². The molecule has 0 saturated heterocycles. The van der Waals surface area contributed by atoms with Gasteiger partial charge in [-0.25, -0.2) is 4.39 Å². The molecule has 1 aliphatic rings. The number of hydrogen-bond donors (Lipinski definition) is 1. The first-order valence-electron chi connectivity index (χ1n) is 11.6. The minimum absolute atomic E-state index is 0.107. The van der Waals surface area contributed by atoms with Crippen molar-refractivity contribution >= 4 is 35.2 Å². The van der Waals surface area contributed by atoms with Crippen molar-refractivity contribution in [3.05, 3.63) is 70.5 Å². The molecule has 0 bridgehead atoms. The molecule has 2 aromatic rings. The maximum Gasteiger partial charge on any atom is 0.243 e. The molecule has 33 heavy (non-hydrogen) atoms. The third kappa shape index (κ3) is 7.47. The van der Waals surface area contributed by atoms with Crippen LogP contribution in [0.15, 0.2) is 48.5 Å². The standard InChI is InChI=1S/C26H32ClFN2O2S/c1-2-24(26(32)29-21-12-4-3-5-13-21)30(16-19-10-6-8-14-22(19)27)25(31)18-33-17-20-11-7-9-15-23(20)28/h6-11,14-15,21,24H,2-5,12-13,16-18H2,1H3,(H,29,32). The van der Waals surface area contributed by atoms with Gasteiger partial charge < -0.3 is 10.2 Å². The van der Waals surface area contributed by atoms with Crippen molar-refractivity contribution in [2.24, 2.45) is 0 Å². The summed E-state index contributed by atoms with van der Waals surface area (Å²) < 4.78 is 13.9. The maximum absolute atomic E-state index is 13.9. The van der Waals surface area contributed by atoms with Crippen LogP contribution in [0.1, 0.15) is 56.6 Å². The van der Waals surface area contributed by atoms with E-state index in [0.29, 0.717) is 22.8 Å². The maximum atomic E-state index is 13.9. The van der Waals surface area contributed by atoms with E-state index >= 15 is 0 Å². The second-order valence-corrected chi connectivity index (χ2v) is 9.86. The van der Waals surface area contributed by atoms with Gasteiger partial charge in [-0.3, -0.25) is 9.59 Å². The van der Waals surface area contributed by atoms with Crippen molar-refractivity contribution in [3.8, 4) is 0 Å². The highest BCUT2D eigenvalue weighted by Crippen LogP contribution is 2.23. The molecule has 2 aromatic carbocycles. The van der Waals surface area contributed by atoms with E-state index in [9.17, 15) is 14.0 Å². The van der Waals surface area contributed by atoms with Crippen molar-refractivity contribution in [1.82, 2.24) is 10.2 Å². The van der Waals surface area contributed by atoms with Gasteiger partial charge in [0, 0.05) is 23.4 Å². The van der Waals surface area contributed by atoms with Gasteiger partial charge in [0.05, 0.1) is 5.75 Å². The topological polar surface area (TPSA) is 49.4 Å². The number of nitrogens with zero attached hydrogens (tertiary/aromatic N) is 1. The van der Waals surface area contributed by atoms with Gasteiger partial charge in [-0.1, -0.05) is 74.2 Å². The number of benzene rings is 2. The van der Waals surface area contributed by atoms with E-state index in [1.165, 1.54) is 24.2 Å². The molecule has 3 rings (SSSR count). The van der Waals surface area contributed by atoms with Gasteiger partial charge in [0.2, 0.25) is 11.8 Å². The predicted molar refractivity (Wildman–Crippen MR) is 134 cm³/mol. The number of amides is 2. The summed E-state index contributed by atoms with van der Waals surface area (Å²) in [5, 5.41) is 3.74. The summed E-state index contributed by atoms with van der Waals surface area (Å²) in [5.74, 6) is 0.0181. The predicted octanol–water partition coefficient (Wildman–Crippen LogP) is 5.97. The molecule has 1 N–H and O–H groups in total. The third-order valence-electron chi connectivity index (χ3n) is 6.08. The molecular weight excluding hydrogens is 459 g/mol. The molecule has 7 heteroatoms. The average molecular weight is 491 g/mol. The van der Waals surface area contributed by atoms with Crippen LogP contribution in [0.4, 0.5) is 4.39 Å². The first-order chi connectivity index (χ1) is 16.0. The number of nitrogens with one attached hydrogen (secondary N) is 1.